The first kappa shape index (κ1) is 22.5. The molecule has 31 heavy (non-hydrogen) atoms. The number of esters is 1. The molecule has 1 heterocycles. The third-order valence-electron chi connectivity index (χ3n) is 4.37. The van der Waals surface area contributed by atoms with Crippen LogP contribution in [0, 0.1) is 18.3 Å². The minimum absolute atomic E-state index is 0.00858. The van der Waals surface area contributed by atoms with Crippen molar-refractivity contribution < 1.29 is 17.9 Å². The number of hydrogen-bond acceptors (Lipinski definition) is 6. The zero-order chi connectivity index (χ0) is 22.4. The van der Waals surface area contributed by atoms with Crippen LogP contribution in [0.5, 0.6) is 0 Å². The monoisotopic (exact) mass is 458 g/mol. The molecule has 0 amide bonds. The number of ether oxygens (including phenoxy) is 1. The Morgan fingerprint density at radius 3 is 2.65 bits per heavy atom. The predicted molar refractivity (Wildman–Crippen MR) is 114 cm³/mol. The van der Waals surface area contributed by atoms with Crippen molar-refractivity contribution in [3.8, 4) is 11.8 Å². The van der Waals surface area contributed by atoms with Crippen LogP contribution in [0.1, 0.15) is 23.4 Å². The lowest BCUT2D eigenvalue weighted by Crippen LogP contribution is -2.26. The highest BCUT2D eigenvalue weighted by molar-refractivity contribution is 7.89. The van der Waals surface area contributed by atoms with Gasteiger partial charge in [0.1, 0.15) is 18.2 Å². The second-order valence-electron chi connectivity index (χ2n) is 6.53. The van der Waals surface area contributed by atoms with Crippen LogP contribution in [0.2, 0.25) is 5.02 Å². The molecule has 0 bridgehead atoms. The van der Waals surface area contributed by atoms with Crippen molar-refractivity contribution in [3.05, 3.63) is 76.6 Å². The van der Waals surface area contributed by atoms with Gasteiger partial charge in [-0.25, -0.2) is 17.8 Å². The predicted octanol–water partition coefficient (Wildman–Crippen LogP) is 3.12. The smallest absolute Gasteiger partial charge is 0.307 e. The highest BCUT2D eigenvalue weighted by Crippen LogP contribution is 2.19. The number of benzene rings is 2. The summed E-state index contributed by atoms with van der Waals surface area (Å²) in [5, 5.41) is 14.1. The van der Waals surface area contributed by atoms with E-state index in [4.69, 9.17) is 16.3 Å². The van der Waals surface area contributed by atoms with Crippen molar-refractivity contribution >= 4 is 27.6 Å². The van der Waals surface area contributed by atoms with Gasteiger partial charge in [-0.3, -0.25) is 4.79 Å². The molecule has 0 spiro atoms. The Morgan fingerprint density at radius 1 is 1.23 bits per heavy atom. The number of aryl methyl sites for hydroxylation is 1. The van der Waals surface area contributed by atoms with Gasteiger partial charge in [0.2, 0.25) is 10.0 Å². The SMILES string of the molecule is Cc1nn(-c2ccccc2)c(COC(=O)CCNS(=O)(=O)c2cccc(Cl)c2)c1C#N. The fourth-order valence-corrected chi connectivity index (χ4v) is 4.19. The van der Waals surface area contributed by atoms with Crippen LogP contribution in [0.25, 0.3) is 5.69 Å². The zero-order valence-corrected chi connectivity index (χ0v) is 18.2. The fraction of sp³-hybridized carbons (Fsp3) is 0.190. The minimum atomic E-state index is -3.80. The summed E-state index contributed by atoms with van der Waals surface area (Å²) >= 11 is 5.82. The van der Waals surface area contributed by atoms with E-state index in [1.807, 2.05) is 30.3 Å². The third-order valence-corrected chi connectivity index (χ3v) is 6.06. The van der Waals surface area contributed by atoms with Crippen molar-refractivity contribution in [2.75, 3.05) is 6.54 Å². The molecule has 0 saturated carbocycles. The highest BCUT2D eigenvalue weighted by atomic mass is 35.5. The number of sulfonamides is 1. The van der Waals surface area contributed by atoms with Crippen molar-refractivity contribution in [2.45, 2.75) is 24.8 Å². The molecule has 1 aromatic heterocycles. The largest absolute Gasteiger partial charge is 0.459 e. The van der Waals surface area contributed by atoms with Crippen molar-refractivity contribution in [2.24, 2.45) is 0 Å². The molecule has 3 rings (SSSR count). The number of hydrogen-bond donors (Lipinski definition) is 1. The molecular weight excluding hydrogens is 440 g/mol. The first-order chi connectivity index (χ1) is 14.8. The number of carbonyl (C=O) groups excluding carboxylic acids is 1. The van der Waals surface area contributed by atoms with Crippen LogP contribution in [0.4, 0.5) is 0 Å². The van der Waals surface area contributed by atoms with Crippen LogP contribution >= 0.6 is 11.6 Å². The Bertz CT molecular complexity index is 1230. The Labute approximate surface area is 185 Å². The molecule has 10 heteroatoms. The van der Waals surface area contributed by atoms with Crippen LogP contribution < -0.4 is 4.72 Å². The van der Waals surface area contributed by atoms with Crippen molar-refractivity contribution in [3.63, 3.8) is 0 Å². The van der Waals surface area contributed by atoms with E-state index in [1.165, 1.54) is 18.2 Å². The number of nitrogens with one attached hydrogen (secondary N) is 1. The normalized spacial score (nSPS) is 11.1. The molecule has 160 valence electrons. The third kappa shape index (κ3) is 5.49. The standard InChI is InChI=1S/C21H19ClN4O4S/c1-15-19(13-23)20(26(25-15)17-7-3-2-4-8-17)14-30-21(27)10-11-24-31(28,29)18-9-5-6-16(22)12-18/h2-9,12,24H,10-11,14H2,1H3. The molecule has 0 unspecified atom stereocenters. The van der Waals surface area contributed by atoms with Gasteiger partial charge in [-0.1, -0.05) is 35.9 Å². The minimum Gasteiger partial charge on any atom is -0.459 e. The molecular formula is C21H19ClN4O4S. The molecule has 8 nitrogen and oxygen atoms in total. The Kier molecular flexibility index (Phi) is 7.07. The maximum Gasteiger partial charge on any atom is 0.307 e. The molecule has 3 aromatic rings. The summed E-state index contributed by atoms with van der Waals surface area (Å²) in [7, 11) is -3.80. The van der Waals surface area contributed by atoms with Gasteiger partial charge in [-0.05, 0) is 37.3 Å². The number of nitrogens with zero attached hydrogens (tertiary/aromatic N) is 3. The van der Waals surface area contributed by atoms with E-state index in [0.29, 0.717) is 22.0 Å². The summed E-state index contributed by atoms with van der Waals surface area (Å²) in [6.07, 6.45) is -0.180. The lowest BCUT2D eigenvalue weighted by atomic mass is 10.2. The second kappa shape index (κ2) is 9.75. The quantitative estimate of drug-likeness (QED) is 0.519. The molecule has 1 N–H and O–H groups in total. The van der Waals surface area contributed by atoms with Gasteiger partial charge >= 0.3 is 5.97 Å². The summed E-state index contributed by atoms with van der Waals surface area (Å²) < 4.78 is 33.7. The van der Waals surface area contributed by atoms with Crippen LogP contribution in [-0.4, -0.2) is 30.7 Å². The lowest BCUT2D eigenvalue weighted by Gasteiger charge is -2.10. The number of nitriles is 1. The number of aromatic nitrogens is 2. The molecule has 0 saturated heterocycles. The lowest BCUT2D eigenvalue weighted by molar-refractivity contribution is -0.144. The zero-order valence-electron chi connectivity index (χ0n) is 16.6. The fourth-order valence-electron chi connectivity index (χ4n) is 2.86. The van der Waals surface area contributed by atoms with Crippen LogP contribution in [0.15, 0.2) is 59.5 Å². The van der Waals surface area contributed by atoms with Gasteiger partial charge in [0.05, 0.1) is 28.4 Å². The molecule has 2 aromatic carbocycles. The van der Waals surface area contributed by atoms with Gasteiger partial charge in [0.25, 0.3) is 0 Å². The van der Waals surface area contributed by atoms with Gasteiger partial charge < -0.3 is 4.74 Å². The van der Waals surface area contributed by atoms with Crippen LogP contribution in [0.3, 0.4) is 0 Å². The van der Waals surface area contributed by atoms with Crippen molar-refractivity contribution in [1.82, 2.24) is 14.5 Å². The Hall–Kier alpha value is -3.19. The molecule has 0 aliphatic rings. The number of para-hydroxylation sites is 1. The maximum atomic E-state index is 12.3. The summed E-state index contributed by atoms with van der Waals surface area (Å²) in [6.45, 7) is 1.39. The first-order valence-corrected chi connectivity index (χ1v) is 11.1. The number of carbonyl (C=O) groups is 1. The number of halogens is 1. The molecule has 0 aliphatic carbocycles. The van der Waals surface area contributed by atoms with Crippen molar-refractivity contribution in [1.29, 1.82) is 5.26 Å². The summed E-state index contributed by atoms with van der Waals surface area (Å²) in [6, 6.07) is 17.1. The number of rotatable bonds is 8. The first-order valence-electron chi connectivity index (χ1n) is 9.26. The summed E-state index contributed by atoms with van der Waals surface area (Å²) in [5.41, 5.74) is 2.02. The Morgan fingerprint density at radius 2 is 1.97 bits per heavy atom. The van der Waals surface area contributed by atoms with E-state index in [2.05, 4.69) is 15.9 Å². The van der Waals surface area contributed by atoms with E-state index in [-0.39, 0.29) is 24.5 Å². The topological polar surface area (TPSA) is 114 Å². The second-order valence-corrected chi connectivity index (χ2v) is 8.74. The molecule has 0 fully saturated rings. The van der Waals surface area contributed by atoms with E-state index in [1.54, 1.807) is 17.7 Å². The maximum absolute atomic E-state index is 12.3. The van der Waals surface area contributed by atoms with Gasteiger partial charge in [0, 0.05) is 11.6 Å². The van der Waals surface area contributed by atoms with E-state index >= 15 is 0 Å². The highest BCUT2D eigenvalue weighted by Gasteiger charge is 2.19. The Balaban J connectivity index is 1.62. The van der Waals surface area contributed by atoms with E-state index < -0.39 is 16.0 Å². The molecule has 0 radical (unpaired) electrons. The van der Waals surface area contributed by atoms with E-state index in [0.717, 1.165) is 5.69 Å². The average molecular weight is 459 g/mol. The molecule has 0 aliphatic heterocycles. The summed E-state index contributed by atoms with van der Waals surface area (Å²) in [4.78, 5) is 12.2. The van der Waals surface area contributed by atoms with Gasteiger partial charge in [0.15, 0.2) is 0 Å². The average Bonchev–Trinajstić information content (AvgIpc) is 3.08. The van der Waals surface area contributed by atoms with Gasteiger partial charge in [-0.15, -0.1) is 0 Å². The van der Waals surface area contributed by atoms with Gasteiger partial charge in [-0.2, -0.15) is 10.4 Å². The van der Waals surface area contributed by atoms with E-state index in [9.17, 15) is 18.5 Å². The van der Waals surface area contributed by atoms with Crippen LogP contribution in [-0.2, 0) is 26.2 Å². The summed E-state index contributed by atoms with van der Waals surface area (Å²) in [5.74, 6) is -0.615. The molecule has 0 atom stereocenters.